The fraction of sp³-hybridized carbons (Fsp3) is 0.0714. The molecule has 0 aliphatic carbocycles. The second-order valence-electron chi connectivity index (χ2n) is 3.87. The Labute approximate surface area is 124 Å². The Hall–Kier alpha value is -2.07. The van der Waals surface area contributed by atoms with Crippen molar-refractivity contribution in [1.82, 2.24) is 4.98 Å². The van der Waals surface area contributed by atoms with Crippen molar-refractivity contribution in [3.05, 3.63) is 65.0 Å². The number of nitriles is 1. The monoisotopic (exact) mass is 246 g/mol. The van der Waals surface area contributed by atoms with Crippen LogP contribution < -0.4 is 18.9 Å². The molecular formula is C14H11LiN2O2. The minimum Gasteiger partial charge on any atom is -1.00 e. The molecule has 0 atom stereocenters. The predicted molar refractivity (Wildman–Crippen MR) is 66.3 cm³/mol. The molecule has 0 saturated heterocycles. The third-order valence-corrected chi connectivity index (χ3v) is 2.53. The van der Waals surface area contributed by atoms with E-state index in [0.717, 1.165) is 11.1 Å². The van der Waals surface area contributed by atoms with Gasteiger partial charge in [0.1, 0.15) is 0 Å². The summed E-state index contributed by atoms with van der Waals surface area (Å²) in [7, 11) is 0. The van der Waals surface area contributed by atoms with Crippen molar-refractivity contribution in [3.8, 4) is 6.07 Å². The van der Waals surface area contributed by atoms with E-state index >= 15 is 0 Å². The number of aromatic nitrogens is 1. The summed E-state index contributed by atoms with van der Waals surface area (Å²) >= 11 is 0. The Kier molecular flexibility index (Phi) is 5.33. The van der Waals surface area contributed by atoms with Crippen LogP contribution in [0.2, 0.25) is 0 Å². The second-order valence-corrected chi connectivity index (χ2v) is 3.87. The van der Waals surface area contributed by atoms with E-state index in [1.54, 1.807) is 24.4 Å². The van der Waals surface area contributed by atoms with Gasteiger partial charge in [-0.3, -0.25) is 4.98 Å². The molecule has 2 aromatic rings. The topological polar surface area (TPSA) is 74.0 Å². The smallest absolute Gasteiger partial charge is 1.00 e. The van der Waals surface area contributed by atoms with Crippen molar-refractivity contribution in [3.63, 3.8) is 0 Å². The van der Waals surface area contributed by atoms with Gasteiger partial charge in [0.2, 0.25) is 0 Å². The molecule has 1 aromatic carbocycles. The van der Waals surface area contributed by atoms with E-state index < -0.39 is 5.97 Å². The molecule has 0 spiro atoms. The summed E-state index contributed by atoms with van der Waals surface area (Å²) in [5.41, 5.74) is 2.63. The van der Waals surface area contributed by atoms with Gasteiger partial charge in [0.25, 0.3) is 0 Å². The van der Waals surface area contributed by atoms with E-state index in [0.29, 0.717) is 12.0 Å². The van der Waals surface area contributed by atoms with Gasteiger partial charge in [-0.1, -0.05) is 12.1 Å². The molecule has 0 amide bonds. The van der Waals surface area contributed by atoms with Crippen LogP contribution in [0.15, 0.2) is 42.7 Å². The summed E-state index contributed by atoms with van der Waals surface area (Å²) in [6.45, 7) is 0. The first-order valence-corrected chi connectivity index (χ1v) is 5.35. The third kappa shape index (κ3) is 3.96. The molecule has 5 heteroatoms. The Morgan fingerprint density at radius 3 is 2.53 bits per heavy atom. The molecule has 0 unspecified atom stereocenters. The van der Waals surface area contributed by atoms with Crippen LogP contribution in [-0.4, -0.2) is 16.1 Å². The van der Waals surface area contributed by atoms with Crippen molar-refractivity contribution in [2.75, 3.05) is 0 Å². The standard InChI is InChI=1S/C14H10N2O2.Li.H/c15-7-11-3-1-10(2-4-11)5-12-6-13(14(17)18)9-16-8-12;;/h1-4,6,8-9H,5H2,(H,17,18);;/q;+1;-1. The summed E-state index contributed by atoms with van der Waals surface area (Å²) < 4.78 is 0. The zero-order valence-electron chi connectivity index (χ0n) is 11.5. The number of carboxylic acid groups (broad SMARTS) is 1. The van der Waals surface area contributed by atoms with Crippen molar-refractivity contribution in [2.45, 2.75) is 6.42 Å². The minimum absolute atomic E-state index is 0. The average molecular weight is 246 g/mol. The number of hydrogen-bond donors (Lipinski definition) is 1. The van der Waals surface area contributed by atoms with Crippen LogP contribution in [-0.2, 0) is 6.42 Å². The Bertz CT molecular complexity index is 624. The molecular weight excluding hydrogens is 235 g/mol. The van der Waals surface area contributed by atoms with E-state index in [2.05, 4.69) is 11.1 Å². The molecule has 90 valence electrons. The number of rotatable bonds is 3. The van der Waals surface area contributed by atoms with Gasteiger partial charge in [-0.05, 0) is 35.7 Å². The fourth-order valence-corrected chi connectivity index (χ4v) is 1.63. The normalized spacial score (nSPS) is 9.21. The molecule has 2 rings (SSSR count). The molecule has 0 radical (unpaired) electrons. The van der Waals surface area contributed by atoms with Crippen molar-refractivity contribution >= 4 is 5.97 Å². The van der Waals surface area contributed by atoms with Gasteiger partial charge in [0, 0.05) is 12.4 Å². The largest absolute Gasteiger partial charge is 1.00 e. The van der Waals surface area contributed by atoms with Crippen molar-refractivity contribution in [1.29, 1.82) is 5.26 Å². The average Bonchev–Trinajstić information content (AvgIpc) is 2.40. The zero-order chi connectivity index (χ0) is 13.0. The van der Waals surface area contributed by atoms with E-state index in [9.17, 15) is 4.79 Å². The van der Waals surface area contributed by atoms with E-state index in [1.807, 2.05) is 12.1 Å². The third-order valence-electron chi connectivity index (χ3n) is 2.53. The molecule has 1 N–H and O–H groups in total. The zero-order valence-corrected chi connectivity index (χ0v) is 10.5. The van der Waals surface area contributed by atoms with Crippen LogP contribution in [0.4, 0.5) is 0 Å². The minimum atomic E-state index is -0.982. The molecule has 19 heavy (non-hydrogen) atoms. The number of nitrogens with zero attached hydrogens (tertiary/aromatic N) is 2. The fourth-order valence-electron chi connectivity index (χ4n) is 1.63. The van der Waals surface area contributed by atoms with Crippen LogP contribution in [0, 0.1) is 11.3 Å². The van der Waals surface area contributed by atoms with Gasteiger partial charge in [-0.25, -0.2) is 4.79 Å². The predicted octanol–water partition coefficient (Wildman–Crippen LogP) is -0.641. The van der Waals surface area contributed by atoms with Gasteiger partial charge in [-0.15, -0.1) is 0 Å². The number of hydrogen-bond acceptors (Lipinski definition) is 3. The van der Waals surface area contributed by atoms with Crippen molar-refractivity contribution in [2.24, 2.45) is 0 Å². The second kappa shape index (κ2) is 6.75. The van der Waals surface area contributed by atoms with Gasteiger partial charge in [0.15, 0.2) is 0 Å². The SMILES string of the molecule is N#Cc1ccc(Cc2cncc(C(=O)O)c2)cc1.[H-].[Li+]. The summed E-state index contributed by atoms with van der Waals surface area (Å²) in [5.74, 6) is -0.982. The summed E-state index contributed by atoms with van der Waals surface area (Å²) in [6, 6.07) is 10.8. The quantitative estimate of drug-likeness (QED) is 0.731. The van der Waals surface area contributed by atoms with Crippen LogP contribution in [0.1, 0.15) is 28.5 Å². The first kappa shape index (κ1) is 15.0. The van der Waals surface area contributed by atoms with E-state index in [1.165, 1.54) is 6.20 Å². The summed E-state index contributed by atoms with van der Waals surface area (Å²) in [5, 5.41) is 17.6. The molecule has 0 fully saturated rings. The first-order valence-electron chi connectivity index (χ1n) is 5.35. The van der Waals surface area contributed by atoms with Crippen LogP contribution in [0.25, 0.3) is 0 Å². The molecule has 0 bridgehead atoms. The van der Waals surface area contributed by atoms with Crippen LogP contribution in [0.3, 0.4) is 0 Å². The number of benzene rings is 1. The van der Waals surface area contributed by atoms with Crippen molar-refractivity contribution < 1.29 is 30.2 Å². The molecule has 4 nitrogen and oxygen atoms in total. The summed E-state index contributed by atoms with van der Waals surface area (Å²) in [4.78, 5) is 14.7. The molecule has 1 aromatic heterocycles. The number of aromatic carboxylic acids is 1. The molecule has 0 saturated carbocycles. The van der Waals surface area contributed by atoms with E-state index in [-0.39, 0.29) is 25.9 Å². The Morgan fingerprint density at radius 2 is 1.95 bits per heavy atom. The van der Waals surface area contributed by atoms with Gasteiger partial charge >= 0.3 is 24.8 Å². The van der Waals surface area contributed by atoms with Gasteiger partial charge in [-0.2, -0.15) is 5.26 Å². The number of pyridine rings is 1. The van der Waals surface area contributed by atoms with Crippen LogP contribution in [0.5, 0.6) is 0 Å². The Morgan fingerprint density at radius 1 is 1.26 bits per heavy atom. The van der Waals surface area contributed by atoms with Gasteiger partial charge < -0.3 is 6.53 Å². The Balaban J connectivity index is 0.00000180. The molecule has 0 aliphatic rings. The maximum absolute atomic E-state index is 10.8. The number of carbonyl (C=O) groups is 1. The maximum atomic E-state index is 10.8. The first-order chi connectivity index (χ1) is 8.69. The summed E-state index contributed by atoms with van der Waals surface area (Å²) in [6.07, 6.45) is 3.56. The van der Waals surface area contributed by atoms with Gasteiger partial charge in [0.05, 0.1) is 17.2 Å². The van der Waals surface area contributed by atoms with Crippen LogP contribution >= 0.6 is 0 Å². The molecule has 1 heterocycles. The molecule has 0 aliphatic heterocycles. The maximum Gasteiger partial charge on any atom is 1.00 e. The van der Waals surface area contributed by atoms with E-state index in [4.69, 9.17) is 10.4 Å². The number of carboxylic acids is 1.